The number of piperidine rings is 1. The van der Waals surface area contributed by atoms with Gasteiger partial charge in [0.2, 0.25) is 5.88 Å². The van der Waals surface area contributed by atoms with Crippen LogP contribution in [0.5, 0.6) is 5.88 Å². The first kappa shape index (κ1) is 19.1. The van der Waals surface area contributed by atoms with Crippen LogP contribution in [0.4, 0.5) is 13.2 Å². The second kappa shape index (κ2) is 7.54. The van der Waals surface area contributed by atoms with Gasteiger partial charge in [-0.1, -0.05) is 0 Å². The smallest absolute Gasteiger partial charge is 0.416 e. The Balaban J connectivity index is 1.67. The zero-order valence-electron chi connectivity index (χ0n) is 15.1. The number of nitrogens with zero attached hydrogens (tertiary/aromatic N) is 3. The zero-order chi connectivity index (χ0) is 19.6. The van der Waals surface area contributed by atoms with Gasteiger partial charge in [0, 0.05) is 23.9 Å². The van der Waals surface area contributed by atoms with Crippen molar-refractivity contribution in [2.24, 2.45) is 0 Å². The lowest BCUT2D eigenvalue weighted by Crippen LogP contribution is -2.44. The molecule has 1 aliphatic heterocycles. The van der Waals surface area contributed by atoms with Crippen molar-refractivity contribution in [2.75, 3.05) is 13.1 Å². The quantitative estimate of drug-likeness (QED) is 0.814. The molecule has 0 radical (unpaired) electrons. The van der Waals surface area contributed by atoms with Crippen LogP contribution in [0.25, 0.3) is 0 Å². The predicted octanol–water partition coefficient (Wildman–Crippen LogP) is 3.80. The van der Waals surface area contributed by atoms with Crippen LogP contribution in [0, 0.1) is 13.8 Å². The number of aromatic nitrogens is 2. The maximum absolute atomic E-state index is 12.7. The molecule has 1 aliphatic rings. The minimum Gasteiger partial charge on any atom is -0.472 e. The van der Waals surface area contributed by atoms with E-state index in [0.717, 1.165) is 30.7 Å². The highest BCUT2D eigenvalue weighted by Crippen LogP contribution is 2.29. The molecule has 0 spiro atoms. The summed E-state index contributed by atoms with van der Waals surface area (Å²) in [6.45, 7) is 4.54. The van der Waals surface area contributed by atoms with Crippen molar-refractivity contribution in [3.8, 4) is 5.88 Å². The molecule has 0 saturated carbocycles. The molecular formula is C19H20F3N3O2. The average Bonchev–Trinajstić information content (AvgIpc) is 2.60. The lowest BCUT2D eigenvalue weighted by atomic mass is 10.1. The summed E-state index contributed by atoms with van der Waals surface area (Å²) >= 11 is 0. The van der Waals surface area contributed by atoms with Gasteiger partial charge in [-0.3, -0.25) is 4.79 Å². The van der Waals surface area contributed by atoms with Crippen molar-refractivity contribution in [1.82, 2.24) is 14.9 Å². The van der Waals surface area contributed by atoms with Gasteiger partial charge in [0.25, 0.3) is 5.91 Å². The monoisotopic (exact) mass is 379 g/mol. The minimum atomic E-state index is -4.42. The largest absolute Gasteiger partial charge is 0.472 e. The molecule has 27 heavy (non-hydrogen) atoms. The van der Waals surface area contributed by atoms with Gasteiger partial charge in [-0.2, -0.15) is 18.2 Å². The van der Waals surface area contributed by atoms with Crippen LogP contribution in [0.3, 0.4) is 0 Å². The van der Waals surface area contributed by atoms with Gasteiger partial charge >= 0.3 is 6.18 Å². The summed E-state index contributed by atoms with van der Waals surface area (Å²) in [6.07, 6.45) is -3.11. The summed E-state index contributed by atoms with van der Waals surface area (Å²) < 4.78 is 43.9. The number of benzene rings is 1. The summed E-state index contributed by atoms with van der Waals surface area (Å²) in [6, 6.07) is 6.03. The summed E-state index contributed by atoms with van der Waals surface area (Å²) in [5, 5.41) is 0. The van der Waals surface area contributed by atoms with Crippen LogP contribution in [0.2, 0.25) is 0 Å². The number of hydrogen-bond donors (Lipinski definition) is 0. The molecule has 1 aromatic carbocycles. The number of aryl methyl sites for hydroxylation is 2. The summed E-state index contributed by atoms with van der Waals surface area (Å²) in [5.41, 5.74) is 0.261. The fourth-order valence-electron chi connectivity index (χ4n) is 3.12. The van der Waals surface area contributed by atoms with Gasteiger partial charge in [-0.05, 0) is 51.0 Å². The molecule has 3 rings (SSSR count). The molecule has 2 aromatic rings. The van der Waals surface area contributed by atoms with Gasteiger partial charge in [-0.25, -0.2) is 4.98 Å². The van der Waals surface area contributed by atoms with Crippen molar-refractivity contribution in [3.63, 3.8) is 0 Å². The first-order chi connectivity index (χ1) is 12.7. The molecule has 1 aromatic heterocycles. The lowest BCUT2D eigenvalue weighted by molar-refractivity contribution is -0.137. The van der Waals surface area contributed by atoms with Crippen molar-refractivity contribution in [2.45, 2.75) is 39.0 Å². The van der Waals surface area contributed by atoms with Crippen molar-refractivity contribution in [3.05, 3.63) is 53.0 Å². The Morgan fingerprint density at radius 2 is 1.89 bits per heavy atom. The Morgan fingerprint density at radius 1 is 1.19 bits per heavy atom. The predicted molar refractivity (Wildman–Crippen MR) is 92.5 cm³/mol. The minimum absolute atomic E-state index is 0.217. The van der Waals surface area contributed by atoms with Crippen LogP contribution < -0.4 is 4.74 Å². The third-order valence-corrected chi connectivity index (χ3v) is 4.35. The third-order valence-electron chi connectivity index (χ3n) is 4.35. The first-order valence-corrected chi connectivity index (χ1v) is 8.68. The molecule has 0 N–H and O–H groups in total. The van der Waals surface area contributed by atoms with Crippen LogP contribution in [-0.4, -0.2) is 40.0 Å². The number of halogens is 3. The van der Waals surface area contributed by atoms with E-state index in [1.165, 1.54) is 12.1 Å². The lowest BCUT2D eigenvalue weighted by Gasteiger charge is -2.32. The summed E-state index contributed by atoms with van der Waals surface area (Å²) in [7, 11) is 0. The Hall–Kier alpha value is -2.64. The van der Waals surface area contributed by atoms with Crippen molar-refractivity contribution in [1.29, 1.82) is 0 Å². The van der Waals surface area contributed by atoms with E-state index in [2.05, 4.69) is 9.97 Å². The number of ether oxygens (including phenoxy) is 1. The number of amides is 1. The van der Waals surface area contributed by atoms with E-state index in [1.807, 2.05) is 6.92 Å². The summed E-state index contributed by atoms with van der Waals surface area (Å²) in [5.74, 6) is 0.777. The Labute approximate surface area is 155 Å². The number of alkyl halides is 3. The molecule has 1 unspecified atom stereocenters. The standard InChI is InChI=1S/C19H20F3N3O2/c1-12-10-17(24-13(2)23-12)27-16-4-3-9-25(11-16)18(26)14-5-7-15(8-6-14)19(20,21)22/h5-8,10,16H,3-4,9,11H2,1-2H3. The van der Waals surface area contributed by atoms with Crippen LogP contribution in [0.15, 0.2) is 30.3 Å². The molecule has 5 nitrogen and oxygen atoms in total. The Kier molecular flexibility index (Phi) is 5.34. The number of carbonyl (C=O) groups is 1. The van der Waals surface area contributed by atoms with Crippen LogP contribution in [-0.2, 0) is 6.18 Å². The molecule has 1 amide bonds. The molecule has 144 valence electrons. The first-order valence-electron chi connectivity index (χ1n) is 8.68. The van der Waals surface area contributed by atoms with E-state index in [-0.39, 0.29) is 17.6 Å². The van der Waals surface area contributed by atoms with Gasteiger partial charge in [-0.15, -0.1) is 0 Å². The van der Waals surface area contributed by atoms with E-state index in [0.29, 0.717) is 24.8 Å². The van der Waals surface area contributed by atoms with E-state index in [1.54, 1.807) is 17.9 Å². The van der Waals surface area contributed by atoms with Gasteiger partial charge in [0.1, 0.15) is 11.9 Å². The van der Waals surface area contributed by atoms with E-state index >= 15 is 0 Å². The number of rotatable bonds is 3. The van der Waals surface area contributed by atoms with E-state index in [9.17, 15) is 18.0 Å². The fraction of sp³-hybridized carbons (Fsp3) is 0.421. The number of hydrogen-bond acceptors (Lipinski definition) is 4. The maximum atomic E-state index is 12.7. The number of likely N-dealkylation sites (tertiary alicyclic amines) is 1. The van der Waals surface area contributed by atoms with E-state index < -0.39 is 11.7 Å². The molecule has 1 fully saturated rings. The second-order valence-corrected chi connectivity index (χ2v) is 6.60. The van der Waals surface area contributed by atoms with Crippen molar-refractivity contribution < 1.29 is 22.7 Å². The maximum Gasteiger partial charge on any atom is 0.416 e. The van der Waals surface area contributed by atoms with E-state index in [4.69, 9.17) is 4.74 Å². The van der Waals surface area contributed by atoms with Gasteiger partial charge in [0.05, 0.1) is 12.1 Å². The van der Waals surface area contributed by atoms with Crippen molar-refractivity contribution >= 4 is 5.91 Å². The fourth-order valence-corrected chi connectivity index (χ4v) is 3.12. The number of carbonyl (C=O) groups excluding carboxylic acids is 1. The highest BCUT2D eigenvalue weighted by Gasteiger charge is 2.31. The molecule has 1 saturated heterocycles. The molecule has 1 atom stereocenters. The van der Waals surface area contributed by atoms with Gasteiger partial charge < -0.3 is 9.64 Å². The van der Waals surface area contributed by atoms with Gasteiger partial charge in [0.15, 0.2) is 0 Å². The topological polar surface area (TPSA) is 55.3 Å². The normalized spacial score (nSPS) is 17.7. The highest BCUT2D eigenvalue weighted by molar-refractivity contribution is 5.94. The second-order valence-electron chi connectivity index (χ2n) is 6.60. The molecule has 0 aliphatic carbocycles. The highest BCUT2D eigenvalue weighted by atomic mass is 19.4. The average molecular weight is 379 g/mol. The van der Waals surface area contributed by atoms with Crippen LogP contribution >= 0.6 is 0 Å². The molecule has 0 bridgehead atoms. The SMILES string of the molecule is Cc1cc(OC2CCCN(C(=O)c3ccc(C(F)(F)F)cc3)C2)nc(C)n1. The Bertz CT molecular complexity index is 802. The molecular weight excluding hydrogens is 359 g/mol. The zero-order valence-corrected chi connectivity index (χ0v) is 15.1. The van der Waals surface area contributed by atoms with Crippen LogP contribution in [0.1, 0.15) is 40.3 Å². The third kappa shape index (κ3) is 4.75. The molecule has 8 heteroatoms. The Morgan fingerprint density at radius 3 is 2.52 bits per heavy atom. The molecule has 2 heterocycles. The summed E-state index contributed by atoms with van der Waals surface area (Å²) in [4.78, 5) is 22.7.